The highest BCUT2D eigenvalue weighted by Crippen LogP contribution is 2.04. The fraction of sp³-hybridized carbons (Fsp3) is 0.700. The summed E-state index contributed by atoms with van der Waals surface area (Å²) in [6, 6.07) is 0. The van der Waals surface area contributed by atoms with Gasteiger partial charge in [0.15, 0.2) is 0 Å². The van der Waals surface area contributed by atoms with Gasteiger partial charge in [-0.05, 0) is 12.8 Å². The van der Waals surface area contributed by atoms with E-state index < -0.39 is 12.1 Å². The van der Waals surface area contributed by atoms with E-state index in [2.05, 4.69) is 0 Å². The molecular formula is C10H18FNO2. The molecule has 4 heteroatoms. The number of carbonyl (C=O) groups excluding carboxylic acids is 1. The van der Waals surface area contributed by atoms with Crippen molar-refractivity contribution in [2.45, 2.75) is 39.3 Å². The monoisotopic (exact) mass is 203 g/mol. The first kappa shape index (κ1) is 12.9. The molecule has 0 saturated heterocycles. The van der Waals surface area contributed by atoms with Crippen molar-refractivity contribution in [3.63, 3.8) is 0 Å². The smallest absolute Gasteiger partial charge is 0.332 e. The third kappa shape index (κ3) is 5.56. The summed E-state index contributed by atoms with van der Waals surface area (Å²) in [7, 11) is 0. The van der Waals surface area contributed by atoms with E-state index in [1.54, 1.807) is 6.92 Å². The second kappa shape index (κ2) is 7.35. The number of carbonyl (C=O) groups is 1. The number of esters is 1. The first-order valence-electron chi connectivity index (χ1n) is 4.89. The lowest BCUT2D eigenvalue weighted by Crippen LogP contribution is -2.15. The maximum Gasteiger partial charge on any atom is 0.332 e. The van der Waals surface area contributed by atoms with Gasteiger partial charge in [0.2, 0.25) is 0 Å². The summed E-state index contributed by atoms with van der Waals surface area (Å²) in [4.78, 5) is 11.0. The Bertz CT molecular complexity index is 204. The average molecular weight is 203 g/mol. The van der Waals surface area contributed by atoms with Gasteiger partial charge < -0.3 is 10.5 Å². The summed E-state index contributed by atoms with van der Waals surface area (Å²) >= 11 is 0. The molecule has 14 heavy (non-hydrogen) atoms. The summed E-state index contributed by atoms with van der Waals surface area (Å²) in [5, 5.41) is 0. The quantitative estimate of drug-likeness (QED) is 0.407. The Morgan fingerprint density at radius 2 is 2.21 bits per heavy atom. The van der Waals surface area contributed by atoms with Gasteiger partial charge >= 0.3 is 5.97 Å². The van der Waals surface area contributed by atoms with Crippen LogP contribution in [0.1, 0.15) is 33.1 Å². The van der Waals surface area contributed by atoms with Crippen LogP contribution in [-0.2, 0) is 9.53 Å². The zero-order valence-electron chi connectivity index (χ0n) is 8.75. The first-order valence-corrected chi connectivity index (χ1v) is 4.89. The third-order valence-corrected chi connectivity index (χ3v) is 1.75. The molecule has 1 atom stereocenters. The molecule has 0 spiro atoms. The Kier molecular flexibility index (Phi) is 6.80. The van der Waals surface area contributed by atoms with Crippen molar-refractivity contribution >= 4 is 5.97 Å². The predicted octanol–water partition coefficient (Wildman–Crippen LogP) is 1.92. The van der Waals surface area contributed by atoms with Crippen LogP contribution < -0.4 is 5.73 Å². The van der Waals surface area contributed by atoms with Crippen LogP contribution in [0.5, 0.6) is 0 Å². The van der Waals surface area contributed by atoms with Gasteiger partial charge in [0.25, 0.3) is 0 Å². The average Bonchev–Trinajstić information content (AvgIpc) is 2.16. The maximum atomic E-state index is 12.9. The lowest BCUT2D eigenvalue weighted by molar-refractivity contribution is -0.137. The molecule has 0 heterocycles. The number of nitrogens with two attached hydrogens (primary N) is 1. The number of rotatable bonds is 6. The van der Waals surface area contributed by atoms with Crippen molar-refractivity contribution in [2.24, 2.45) is 5.73 Å². The van der Waals surface area contributed by atoms with Crippen molar-refractivity contribution in [1.29, 1.82) is 0 Å². The molecule has 0 aliphatic carbocycles. The van der Waals surface area contributed by atoms with Crippen molar-refractivity contribution in [1.82, 2.24) is 0 Å². The van der Waals surface area contributed by atoms with Gasteiger partial charge in [-0.15, -0.1) is 0 Å². The van der Waals surface area contributed by atoms with Crippen LogP contribution in [0.15, 0.2) is 11.8 Å². The molecule has 3 nitrogen and oxygen atoms in total. The lowest BCUT2D eigenvalue weighted by Gasteiger charge is -2.05. The van der Waals surface area contributed by atoms with Crippen molar-refractivity contribution in [3.8, 4) is 0 Å². The minimum absolute atomic E-state index is 0.0611. The summed E-state index contributed by atoms with van der Waals surface area (Å²) < 4.78 is 17.7. The highest BCUT2D eigenvalue weighted by Gasteiger charge is 2.08. The fourth-order valence-electron chi connectivity index (χ4n) is 0.821. The molecule has 1 unspecified atom stereocenters. The summed E-state index contributed by atoms with van der Waals surface area (Å²) in [5.41, 5.74) is 5.26. The van der Waals surface area contributed by atoms with Crippen LogP contribution in [0, 0.1) is 0 Å². The van der Waals surface area contributed by atoms with E-state index in [-0.39, 0.29) is 12.1 Å². The number of hydrogen-bond donors (Lipinski definition) is 1. The van der Waals surface area contributed by atoms with Crippen LogP contribution in [0.25, 0.3) is 0 Å². The molecule has 0 aliphatic heterocycles. The zero-order chi connectivity index (χ0) is 11.0. The second-order valence-electron chi connectivity index (χ2n) is 3.04. The highest BCUT2D eigenvalue weighted by atomic mass is 19.1. The van der Waals surface area contributed by atoms with E-state index in [4.69, 9.17) is 10.5 Å². The van der Waals surface area contributed by atoms with E-state index in [0.717, 1.165) is 18.9 Å². The van der Waals surface area contributed by atoms with Crippen LogP contribution in [-0.4, -0.2) is 18.7 Å². The molecule has 0 radical (unpaired) electrons. The zero-order valence-corrected chi connectivity index (χ0v) is 8.75. The fourth-order valence-corrected chi connectivity index (χ4v) is 0.821. The Morgan fingerprint density at radius 3 is 2.71 bits per heavy atom. The van der Waals surface area contributed by atoms with Gasteiger partial charge in [-0.25, -0.2) is 9.18 Å². The molecule has 0 bridgehead atoms. The SMILES string of the molecule is CCCCOC(=O)C=C(N)C(F)CC. The van der Waals surface area contributed by atoms with Gasteiger partial charge in [-0.2, -0.15) is 0 Å². The number of ether oxygens (including phenoxy) is 1. The van der Waals surface area contributed by atoms with Gasteiger partial charge in [0.1, 0.15) is 6.17 Å². The molecule has 0 fully saturated rings. The Balaban J connectivity index is 3.89. The minimum atomic E-state index is -1.26. The highest BCUT2D eigenvalue weighted by molar-refractivity contribution is 5.82. The predicted molar refractivity (Wildman–Crippen MR) is 53.3 cm³/mol. The lowest BCUT2D eigenvalue weighted by atomic mass is 10.2. The van der Waals surface area contributed by atoms with E-state index >= 15 is 0 Å². The molecule has 0 saturated carbocycles. The van der Waals surface area contributed by atoms with E-state index in [1.807, 2.05) is 6.92 Å². The summed E-state index contributed by atoms with van der Waals surface area (Å²) in [6.07, 6.45) is 1.79. The molecule has 2 N–H and O–H groups in total. The van der Waals surface area contributed by atoms with Crippen LogP contribution >= 0.6 is 0 Å². The molecule has 0 rings (SSSR count). The largest absolute Gasteiger partial charge is 0.462 e. The second-order valence-corrected chi connectivity index (χ2v) is 3.04. The molecule has 82 valence electrons. The number of alkyl halides is 1. The Labute approximate surface area is 84.1 Å². The van der Waals surface area contributed by atoms with Crippen LogP contribution in [0.3, 0.4) is 0 Å². The third-order valence-electron chi connectivity index (χ3n) is 1.75. The van der Waals surface area contributed by atoms with Gasteiger partial charge in [-0.3, -0.25) is 0 Å². The van der Waals surface area contributed by atoms with Gasteiger partial charge in [0, 0.05) is 6.08 Å². The molecule has 0 aromatic heterocycles. The topological polar surface area (TPSA) is 52.3 Å². The summed E-state index contributed by atoms with van der Waals surface area (Å²) in [5.74, 6) is -0.563. The maximum absolute atomic E-state index is 12.9. The number of hydrogen-bond acceptors (Lipinski definition) is 3. The van der Waals surface area contributed by atoms with Gasteiger partial charge in [0.05, 0.1) is 12.3 Å². The normalized spacial score (nSPS) is 13.8. The van der Waals surface area contributed by atoms with E-state index in [0.29, 0.717) is 6.61 Å². The molecule has 0 aromatic rings. The Hall–Kier alpha value is -1.06. The first-order chi connectivity index (χ1) is 6.61. The molecule has 0 aromatic carbocycles. The number of allylic oxidation sites excluding steroid dienone is 1. The molecule has 0 amide bonds. The van der Waals surface area contributed by atoms with Crippen molar-refractivity contribution < 1.29 is 13.9 Å². The van der Waals surface area contributed by atoms with E-state index in [9.17, 15) is 9.18 Å². The molecule has 0 aliphatic rings. The van der Waals surface area contributed by atoms with E-state index in [1.165, 1.54) is 0 Å². The van der Waals surface area contributed by atoms with Crippen molar-refractivity contribution in [3.05, 3.63) is 11.8 Å². The van der Waals surface area contributed by atoms with Crippen molar-refractivity contribution in [2.75, 3.05) is 6.61 Å². The van der Waals surface area contributed by atoms with Crippen LogP contribution in [0.4, 0.5) is 4.39 Å². The summed E-state index contributed by atoms with van der Waals surface area (Å²) in [6.45, 7) is 4.02. The van der Waals surface area contributed by atoms with Crippen LogP contribution in [0.2, 0.25) is 0 Å². The van der Waals surface area contributed by atoms with Gasteiger partial charge in [-0.1, -0.05) is 20.3 Å². The Morgan fingerprint density at radius 1 is 1.57 bits per heavy atom. The number of halogens is 1. The molecular weight excluding hydrogens is 185 g/mol. The minimum Gasteiger partial charge on any atom is -0.462 e. The number of unbranched alkanes of at least 4 members (excludes halogenated alkanes) is 1. The standard InChI is InChI=1S/C10H18FNO2/c1-3-5-6-14-10(13)7-9(12)8(11)4-2/h7-8H,3-6,12H2,1-2H3.